The Morgan fingerprint density at radius 3 is 2.56 bits per heavy atom. The Kier molecular flexibility index (Phi) is 7.96. The van der Waals surface area contributed by atoms with Gasteiger partial charge in [0, 0.05) is 35.7 Å². The van der Waals surface area contributed by atoms with Crippen molar-refractivity contribution >= 4 is 51.1 Å². The van der Waals surface area contributed by atoms with E-state index >= 15 is 0 Å². The molecule has 4 rings (SSSR count). The zero-order valence-electron chi connectivity index (χ0n) is 19.8. The fourth-order valence-electron chi connectivity index (χ4n) is 3.98. The molecule has 0 aliphatic carbocycles. The number of rotatable bonds is 7. The minimum absolute atomic E-state index is 0.0379. The third kappa shape index (κ3) is 5.71. The van der Waals surface area contributed by atoms with Crippen molar-refractivity contribution in [3.8, 4) is 22.8 Å². The van der Waals surface area contributed by atoms with Gasteiger partial charge in [0.2, 0.25) is 0 Å². The molecule has 12 heteroatoms. The highest BCUT2D eigenvalue weighted by atomic mass is 32.1. The summed E-state index contributed by atoms with van der Waals surface area (Å²) in [4.78, 5) is 30.5. The number of carbonyl (C=O) groups is 1. The van der Waals surface area contributed by atoms with Crippen LogP contribution in [0.1, 0.15) is 29.6 Å². The molecule has 1 aromatic heterocycles. The molecule has 188 valence electrons. The first-order valence-corrected chi connectivity index (χ1v) is 12.5. The van der Waals surface area contributed by atoms with Crippen LogP contribution in [-0.2, 0) is 0 Å². The largest absolute Gasteiger partial charge is 0.493 e. The number of ether oxygens (including phenoxy) is 2. The highest BCUT2D eigenvalue weighted by Crippen LogP contribution is 2.34. The summed E-state index contributed by atoms with van der Waals surface area (Å²) in [5.41, 5.74) is 2.11. The second-order valence-electron chi connectivity index (χ2n) is 8.02. The van der Waals surface area contributed by atoms with Crippen LogP contribution in [0.2, 0.25) is 0 Å². The van der Waals surface area contributed by atoms with Crippen LogP contribution in [0.25, 0.3) is 11.3 Å². The molecular weight excluding hydrogens is 502 g/mol. The van der Waals surface area contributed by atoms with Crippen LogP contribution in [0.15, 0.2) is 41.8 Å². The number of nitro benzene ring substituents is 1. The standard InChI is InChI=1S/C24H25N5O5S2/c1-33-20-9-7-15(13-21(20)34-2)17-14-36-24(25-17)27-23(35)26-22(30)16-6-8-18(19(12-16)29(31)32)28-10-4-3-5-11-28/h6-9,12-14H,3-5,10-11H2,1-2H3,(H2,25,26,27,30,35). The lowest BCUT2D eigenvalue weighted by atomic mass is 10.1. The van der Waals surface area contributed by atoms with Crippen molar-refractivity contribution in [1.29, 1.82) is 0 Å². The lowest BCUT2D eigenvalue weighted by Gasteiger charge is -2.28. The highest BCUT2D eigenvalue weighted by molar-refractivity contribution is 7.80. The summed E-state index contributed by atoms with van der Waals surface area (Å²) < 4.78 is 10.6. The van der Waals surface area contributed by atoms with E-state index in [1.165, 1.54) is 17.4 Å². The number of piperidine rings is 1. The molecule has 0 atom stereocenters. The SMILES string of the molecule is COc1ccc(-c2csc(NC(=S)NC(=O)c3ccc(N4CCCCC4)c([N+](=O)[O-])c3)n2)cc1OC. The van der Waals surface area contributed by atoms with E-state index in [0.717, 1.165) is 37.9 Å². The summed E-state index contributed by atoms with van der Waals surface area (Å²) in [7, 11) is 3.13. The lowest BCUT2D eigenvalue weighted by Crippen LogP contribution is -2.34. The Morgan fingerprint density at radius 1 is 1.11 bits per heavy atom. The average Bonchev–Trinajstić information content (AvgIpc) is 3.36. The van der Waals surface area contributed by atoms with Crippen molar-refractivity contribution in [3.63, 3.8) is 0 Å². The normalized spacial score (nSPS) is 13.1. The van der Waals surface area contributed by atoms with Crippen molar-refractivity contribution in [3.05, 3.63) is 57.5 Å². The van der Waals surface area contributed by atoms with Gasteiger partial charge < -0.3 is 19.7 Å². The number of nitrogens with one attached hydrogen (secondary N) is 2. The van der Waals surface area contributed by atoms with Crippen LogP contribution in [0.3, 0.4) is 0 Å². The molecule has 2 N–H and O–H groups in total. The number of methoxy groups -OCH3 is 2. The van der Waals surface area contributed by atoms with E-state index in [1.807, 2.05) is 22.4 Å². The lowest BCUT2D eigenvalue weighted by molar-refractivity contribution is -0.384. The van der Waals surface area contributed by atoms with Gasteiger partial charge in [-0.3, -0.25) is 20.2 Å². The molecule has 1 fully saturated rings. The van der Waals surface area contributed by atoms with Gasteiger partial charge in [-0.15, -0.1) is 11.3 Å². The zero-order valence-corrected chi connectivity index (χ0v) is 21.4. The summed E-state index contributed by atoms with van der Waals surface area (Å²) in [5, 5.41) is 19.5. The topological polar surface area (TPSA) is 119 Å². The summed E-state index contributed by atoms with van der Waals surface area (Å²) in [6.45, 7) is 1.53. The maximum Gasteiger partial charge on any atom is 0.293 e. The molecule has 36 heavy (non-hydrogen) atoms. The Bertz CT molecular complexity index is 1290. The van der Waals surface area contributed by atoms with Crippen molar-refractivity contribution in [2.45, 2.75) is 19.3 Å². The molecule has 2 heterocycles. The van der Waals surface area contributed by atoms with Gasteiger partial charge in [-0.2, -0.15) is 0 Å². The Hall–Kier alpha value is -3.77. The number of nitro groups is 1. The minimum atomic E-state index is -0.544. The molecule has 0 unspecified atom stereocenters. The highest BCUT2D eigenvalue weighted by Gasteiger charge is 2.23. The number of hydrogen-bond donors (Lipinski definition) is 2. The van der Waals surface area contributed by atoms with E-state index in [0.29, 0.717) is 28.0 Å². The molecule has 1 saturated heterocycles. The number of hydrogen-bond acceptors (Lipinski definition) is 9. The van der Waals surface area contributed by atoms with Gasteiger partial charge in [0.1, 0.15) is 5.69 Å². The van der Waals surface area contributed by atoms with Crippen LogP contribution in [0.5, 0.6) is 11.5 Å². The number of benzene rings is 2. The van der Waals surface area contributed by atoms with Crippen LogP contribution < -0.4 is 25.0 Å². The molecule has 1 aliphatic rings. The molecule has 0 spiro atoms. The second-order valence-corrected chi connectivity index (χ2v) is 9.29. The summed E-state index contributed by atoms with van der Waals surface area (Å²) in [6.07, 6.45) is 3.09. The van der Waals surface area contributed by atoms with Crippen LogP contribution in [0, 0.1) is 10.1 Å². The number of carbonyl (C=O) groups excluding carboxylic acids is 1. The van der Waals surface area contributed by atoms with Gasteiger partial charge in [0.25, 0.3) is 11.6 Å². The first kappa shape index (κ1) is 25.3. The quantitative estimate of drug-likeness (QED) is 0.252. The van der Waals surface area contributed by atoms with Crippen LogP contribution in [0.4, 0.5) is 16.5 Å². The minimum Gasteiger partial charge on any atom is -0.493 e. The molecule has 3 aromatic rings. The fraction of sp³-hybridized carbons (Fsp3) is 0.292. The molecule has 1 aliphatic heterocycles. The summed E-state index contributed by atoms with van der Waals surface area (Å²) in [6, 6.07) is 9.97. The van der Waals surface area contributed by atoms with E-state index in [-0.39, 0.29) is 16.4 Å². The Morgan fingerprint density at radius 2 is 1.86 bits per heavy atom. The molecule has 0 saturated carbocycles. The molecule has 10 nitrogen and oxygen atoms in total. The Labute approximate surface area is 217 Å². The van der Waals surface area contributed by atoms with E-state index in [9.17, 15) is 14.9 Å². The summed E-state index contributed by atoms with van der Waals surface area (Å²) >= 11 is 6.58. The second kappa shape index (κ2) is 11.3. The maximum atomic E-state index is 12.7. The van der Waals surface area contributed by atoms with E-state index in [1.54, 1.807) is 32.4 Å². The van der Waals surface area contributed by atoms with E-state index < -0.39 is 10.8 Å². The van der Waals surface area contributed by atoms with Crippen LogP contribution in [-0.4, -0.2) is 48.2 Å². The molecule has 0 radical (unpaired) electrons. The van der Waals surface area contributed by atoms with Crippen molar-refractivity contribution < 1.29 is 19.2 Å². The third-order valence-corrected chi connectivity index (χ3v) is 6.72. The van der Waals surface area contributed by atoms with Gasteiger partial charge in [0.15, 0.2) is 21.7 Å². The number of nitrogens with zero attached hydrogens (tertiary/aromatic N) is 3. The van der Waals surface area contributed by atoms with Crippen molar-refractivity contribution in [2.24, 2.45) is 0 Å². The first-order chi connectivity index (χ1) is 17.4. The van der Waals surface area contributed by atoms with E-state index in [2.05, 4.69) is 15.6 Å². The maximum absolute atomic E-state index is 12.7. The smallest absolute Gasteiger partial charge is 0.293 e. The number of aromatic nitrogens is 1. The van der Waals surface area contributed by atoms with Crippen LogP contribution >= 0.6 is 23.6 Å². The predicted molar refractivity (Wildman–Crippen MR) is 144 cm³/mol. The number of thiocarbonyl (C=S) groups is 1. The van der Waals surface area contributed by atoms with Gasteiger partial charge in [0.05, 0.1) is 24.8 Å². The predicted octanol–water partition coefficient (Wildman–Crippen LogP) is 4.85. The average molecular weight is 528 g/mol. The molecule has 2 aromatic carbocycles. The van der Waals surface area contributed by atoms with Gasteiger partial charge in [-0.05, 0) is 61.8 Å². The van der Waals surface area contributed by atoms with Gasteiger partial charge in [-0.25, -0.2) is 4.98 Å². The Balaban J connectivity index is 1.43. The number of thiazole rings is 1. The third-order valence-electron chi connectivity index (χ3n) is 5.76. The zero-order chi connectivity index (χ0) is 25.7. The van der Waals surface area contributed by atoms with E-state index in [4.69, 9.17) is 21.7 Å². The molecule has 1 amide bonds. The van der Waals surface area contributed by atoms with Gasteiger partial charge in [-0.1, -0.05) is 0 Å². The van der Waals surface area contributed by atoms with Crippen molar-refractivity contribution in [2.75, 3.05) is 37.5 Å². The monoisotopic (exact) mass is 527 g/mol. The summed E-state index contributed by atoms with van der Waals surface area (Å²) in [5.74, 6) is 0.654. The number of amides is 1. The van der Waals surface area contributed by atoms with Crippen molar-refractivity contribution in [1.82, 2.24) is 10.3 Å². The first-order valence-electron chi connectivity index (χ1n) is 11.2. The van der Waals surface area contributed by atoms with Gasteiger partial charge >= 0.3 is 0 Å². The molecular formula is C24H25N5O5S2. The number of anilines is 2. The fourth-order valence-corrected chi connectivity index (χ4v) is 4.95. The molecule has 0 bridgehead atoms.